The molecular formula is C16H30N2O. The molecule has 3 N–H and O–H groups in total. The third kappa shape index (κ3) is 3.50. The molecule has 0 heterocycles. The first-order valence-electron chi connectivity index (χ1n) is 8.19. The lowest BCUT2D eigenvalue weighted by atomic mass is 9.84. The van der Waals surface area contributed by atoms with E-state index < -0.39 is 0 Å². The van der Waals surface area contributed by atoms with Crippen molar-refractivity contribution in [2.45, 2.75) is 77.2 Å². The van der Waals surface area contributed by atoms with Crippen molar-refractivity contribution in [2.24, 2.45) is 17.1 Å². The van der Waals surface area contributed by atoms with Crippen LogP contribution in [0.2, 0.25) is 0 Å². The third-order valence-electron chi connectivity index (χ3n) is 5.40. The molecule has 1 amide bonds. The van der Waals surface area contributed by atoms with Gasteiger partial charge in [-0.3, -0.25) is 4.79 Å². The summed E-state index contributed by atoms with van der Waals surface area (Å²) in [5.74, 6) is 0.895. The van der Waals surface area contributed by atoms with E-state index in [1.54, 1.807) is 0 Å². The highest BCUT2D eigenvalue weighted by atomic mass is 16.2. The summed E-state index contributed by atoms with van der Waals surface area (Å²) in [6, 6.07) is 0.314. The SMILES string of the molecule is C[C@H](NC(=O)C1(CN)CCCC1)C1CCCCCC1. The number of hydrogen-bond donors (Lipinski definition) is 2. The Morgan fingerprint density at radius 1 is 1.16 bits per heavy atom. The quantitative estimate of drug-likeness (QED) is 0.769. The zero-order valence-electron chi connectivity index (χ0n) is 12.4. The number of amides is 1. The Morgan fingerprint density at radius 3 is 2.26 bits per heavy atom. The number of rotatable bonds is 4. The fraction of sp³-hybridized carbons (Fsp3) is 0.938. The monoisotopic (exact) mass is 266 g/mol. The molecule has 3 heteroatoms. The molecule has 0 unspecified atom stereocenters. The summed E-state index contributed by atoms with van der Waals surface area (Å²) in [6.07, 6.45) is 12.2. The molecule has 3 nitrogen and oxygen atoms in total. The summed E-state index contributed by atoms with van der Waals surface area (Å²) in [5, 5.41) is 3.29. The van der Waals surface area contributed by atoms with Crippen LogP contribution >= 0.6 is 0 Å². The van der Waals surface area contributed by atoms with Crippen molar-refractivity contribution in [3.8, 4) is 0 Å². The summed E-state index contributed by atoms with van der Waals surface area (Å²) in [6.45, 7) is 2.70. The molecule has 2 rings (SSSR count). The first-order valence-corrected chi connectivity index (χ1v) is 8.19. The molecule has 0 bridgehead atoms. The van der Waals surface area contributed by atoms with E-state index in [9.17, 15) is 4.79 Å². The maximum absolute atomic E-state index is 12.5. The zero-order chi connectivity index (χ0) is 13.7. The molecule has 1 atom stereocenters. The summed E-state index contributed by atoms with van der Waals surface area (Å²) < 4.78 is 0. The average molecular weight is 266 g/mol. The van der Waals surface area contributed by atoms with E-state index in [0.717, 1.165) is 25.7 Å². The third-order valence-corrected chi connectivity index (χ3v) is 5.40. The molecule has 2 fully saturated rings. The van der Waals surface area contributed by atoms with Gasteiger partial charge in [0.15, 0.2) is 0 Å². The lowest BCUT2D eigenvalue weighted by molar-refractivity contribution is -0.131. The summed E-state index contributed by atoms with van der Waals surface area (Å²) in [4.78, 5) is 12.5. The van der Waals surface area contributed by atoms with Gasteiger partial charge in [-0.15, -0.1) is 0 Å². The lowest BCUT2D eigenvalue weighted by Gasteiger charge is -2.31. The molecule has 2 aliphatic rings. The van der Waals surface area contributed by atoms with Crippen LogP contribution in [0.15, 0.2) is 0 Å². The van der Waals surface area contributed by atoms with E-state index in [1.165, 1.54) is 38.5 Å². The first-order chi connectivity index (χ1) is 9.18. The lowest BCUT2D eigenvalue weighted by Crippen LogP contribution is -2.49. The second-order valence-electron chi connectivity index (χ2n) is 6.71. The molecule has 0 radical (unpaired) electrons. The van der Waals surface area contributed by atoms with Crippen LogP contribution in [0.1, 0.15) is 71.1 Å². The number of carbonyl (C=O) groups excluding carboxylic acids is 1. The minimum Gasteiger partial charge on any atom is -0.353 e. The van der Waals surface area contributed by atoms with Gasteiger partial charge in [-0.1, -0.05) is 38.5 Å². The molecule has 0 spiro atoms. The molecule has 2 saturated carbocycles. The van der Waals surface area contributed by atoms with E-state index in [-0.39, 0.29) is 11.3 Å². The minimum atomic E-state index is -0.251. The molecule has 0 aliphatic heterocycles. The fourth-order valence-corrected chi connectivity index (χ4v) is 3.86. The minimum absolute atomic E-state index is 0.226. The Kier molecular flexibility index (Phi) is 5.26. The van der Waals surface area contributed by atoms with Gasteiger partial charge in [-0.2, -0.15) is 0 Å². The second-order valence-corrected chi connectivity index (χ2v) is 6.71. The van der Waals surface area contributed by atoms with Gasteiger partial charge in [0.05, 0.1) is 5.41 Å². The number of hydrogen-bond acceptors (Lipinski definition) is 2. The van der Waals surface area contributed by atoms with Gasteiger partial charge in [0.25, 0.3) is 0 Å². The van der Waals surface area contributed by atoms with Crippen molar-refractivity contribution in [1.82, 2.24) is 5.32 Å². The van der Waals surface area contributed by atoms with E-state index in [0.29, 0.717) is 18.5 Å². The summed E-state index contributed by atoms with van der Waals surface area (Å²) in [5.41, 5.74) is 5.64. The van der Waals surface area contributed by atoms with Gasteiger partial charge in [0.2, 0.25) is 5.91 Å². The highest BCUT2D eigenvalue weighted by Crippen LogP contribution is 2.37. The van der Waals surface area contributed by atoms with Gasteiger partial charge in [-0.25, -0.2) is 0 Å². The van der Waals surface area contributed by atoms with Crippen molar-refractivity contribution < 1.29 is 4.79 Å². The molecule has 110 valence electrons. The van der Waals surface area contributed by atoms with E-state index in [4.69, 9.17) is 5.73 Å². The van der Waals surface area contributed by atoms with Crippen LogP contribution in [0, 0.1) is 11.3 Å². The number of carbonyl (C=O) groups is 1. The highest BCUT2D eigenvalue weighted by molar-refractivity contribution is 5.83. The largest absolute Gasteiger partial charge is 0.353 e. The maximum Gasteiger partial charge on any atom is 0.227 e. The van der Waals surface area contributed by atoms with Crippen LogP contribution in [0.3, 0.4) is 0 Å². The van der Waals surface area contributed by atoms with E-state index in [1.807, 2.05) is 0 Å². The predicted octanol–water partition coefficient (Wildman–Crippen LogP) is 2.98. The van der Waals surface area contributed by atoms with Crippen molar-refractivity contribution in [2.75, 3.05) is 6.54 Å². The number of nitrogens with two attached hydrogens (primary N) is 1. The van der Waals surface area contributed by atoms with Crippen molar-refractivity contribution in [3.63, 3.8) is 0 Å². The van der Waals surface area contributed by atoms with E-state index >= 15 is 0 Å². The van der Waals surface area contributed by atoms with Gasteiger partial charge in [0, 0.05) is 12.6 Å². The average Bonchev–Trinajstić information content (AvgIpc) is 2.74. The van der Waals surface area contributed by atoms with Gasteiger partial charge < -0.3 is 11.1 Å². The second kappa shape index (κ2) is 6.74. The van der Waals surface area contributed by atoms with Gasteiger partial charge in [0.1, 0.15) is 0 Å². The Hall–Kier alpha value is -0.570. The van der Waals surface area contributed by atoms with Gasteiger partial charge in [-0.05, 0) is 38.5 Å². The summed E-state index contributed by atoms with van der Waals surface area (Å²) in [7, 11) is 0. The smallest absolute Gasteiger partial charge is 0.227 e. The molecule has 19 heavy (non-hydrogen) atoms. The summed E-state index contributed by atoms with van der Waals surface area (Å²) >= 11 is 0. The zero-order valence-corrected chi connectivity index (χ0v) is 12.4. The Balaban J connectivity index is 1.89. The van der Waals surface area contributed by atoms with E-state index in [2.05, 4.69) is 12.2 Å². The predicted molar refractivity (Wildman–Crippen MR) is 78.8 cm³/mol. The Labute approximate surface area is 117 Å². The van der Waals surface area contributed by atoms with Crippen LogP contribution in [-0.4, -0.2) is 18.5 Å². The Morgan fingerprint density at radius 2 is 1.74 bits per heavy atom. The van der Waals surface area contributed by atoms with Crippen molar-refractivity contribution in [3.05, 3.63) is 0 Å². The van der Waals surface area contributed by atoms with Crippen LogP contribution < -0.4 is 11.1 Å². The van der Waals surface area contributed by atoms with Gasteiger partial charge >= 0.3 is 0 Å². The molecule has 2 aliphatic carbocycles. The van der Waals surface area contributed by atoms with Crippen molar-refractivity contribution in [1.29, 1.82) is 0 Å². The molecular weight excluding hydrogens is 236 g/mol. The fourth-order valence-electron chi connectivity index (χ4n) is 3.86. The van der Waals surface area contributed by atoms with Crippen LogP contribution in [0.25, 0.3) is 0 Å². The normalized spacial score (nSPS) is 25.8. The Bertz CT molecular complexity index is 289. The standard InChI is InChI=1S/C16H30N2O/c1-13(14-8-4-2-3-5-9-14)18-15(19)16(12-17)10-6-7-11-16/h13-14H,2-12,17H2,1H3,(H,18,19)/t13-/m0/s1. The number of nitrogens with one attached hydrogen (secondary N) is 1. The first kappa shape index (κ1) is 14.8. The van der Waals surface area contributed by atoms with Crippen LogP contribution in [0.5, 0.6) is 0 Å². The highest BCUT2D eigenvalue weighted by Gasteiger charge is 2.40. The van der Waals surface area contributed by atoms with Crippen LogP contribution in [-0.2, 0) is 4.79 Å². The topological polar surface area (TPSA) is 55.1 Å². The maximum atomic E-state index is 12.5. The molecule has 0 saturated heterocycles. The molecule has 0 aromatic heterocycles. The molecule has 0 aromatic carbocycles. The molecule has 0 aromatic rings. The van der Waals surface area contributed by atoms with Crippen LogP contribution in [0.4, 0.5) is 0 Å². The van der Waals surface area contributed by atoms with Crippen molar-refractivity contribution >= 4 is 5.91 Å².